The third kappa shape index (κ3) is 3.24. The average molecular weight is 309 g/mol. The van der Waals surface area contributed by atoms with Crippen molar-refractivity contribution >= 4 is 11.6 Å². The molecule has 0 bridgehead atoms. The van der Waals surface area contributed by atoms with Crippen molar-refractivity contribution in [1.82, 2.24) is 19.7 Å². The number of aromatic nitrogens is 3. The van der Waals surface area contributed by atoms with Crippen molar-refractivity contribution in [2.24, 2.45) is 0 Å². The van der Waals surface area contributed by atoms with E-state index in [4.69, 9.17) is 11.6 Å². The Morgan fingerprint density at radius 3 is 2.86 bits per heavy atom. The zero-order valence-corrected chi connectivity index (χ0v) is 12.7. The standard InChI is InChI=1S/C15H18ClFN4/c1-2-20-10-18-19-15(20)9-21(11-6-7-11)8-12-13(16)4-3-5-14(12)17/h3-5,10-11H,2,6-9H2,1H3. The molecule has 1 aromatic carbocycles. The van der Waals surface area contributed by atoms with Crippen molar-refractivity contribution in [3.8, 4) is 0 Å². The first-order valence-corrected chi connectivity index (χ1v) is 7.60. The van der Waals surface area contributed by atoms with Gasteiger partial charge in [-0.1, -0.05) is 17.7 Å². The van der Waals surface area contributed by atoms with Gasteiger partial charge in [-0.3, -0.25) is 4.90 Å². The molecule has 6 heteroatoms. The number of hydrogen-bond donors (Lipinski definition) is 0. The van der Waals surface area contributed by atoms with Gasteiger partial charge in [0.15, 0.2) is 0 Å². The Morgan fingerprint density at radius 2 is 2.19 bits per heavy atom. The van der Waals surface area contributed by atoms with Crippen LogP contribution in [0.25, 0.3) is 0 Å². The third-order valence-electron chi connectivity index (χ3n) is 3.87. The van der Waals surface area contributed by atoms with E-state index in [0.717, 1.165) is 25.2 Å². The molecule has 0 spiro atoms. The molecule has 0 radical (unpaired) electrons. The van der Waals surface area contributed by atoms with E-state index < -0.39 is 0 Å². The Hall–Kier alpha value is -1.46. The van der Waals surface area contributed by atoms with Gasteiger partial charge in [-0.15, -0.1) is 10.2 Å². The fourth-order valence-electron chi connectivity index (χ4n) is 2.49. The minimum Gasteiger partial charge on any atom is -0.317 e. The summed E-state index contributed by atoms with van der Waals surface area (Å²) in [6.07, 6.45) is 4.02. The minimum atomic E-state index is -0.245. The smallest absolute Gasteiger partial charge is 0.147 e. The summed E-state index contributed by atoms with van der Waals surface area (Å²) in [6.45, 7) is 4.07. The molecule has 1 aromatic heterocycles. The van der Waals surface area contributed by atoms with Crippen molar-refractivity contribution in [2.75, 3.05) is 0 Å². The normalized spacial score (nSPS) is 14.9. The van der Waals surface area contributed by atoms with Crippen LogP contribution in [0, 0.1) is 5.82 Å². The monoisotopic (exact) mass is 308 g/mol. The number of halogens is 2. The van der Waals surface area contributed by atoms with Crippen LogP contribution in [0.3, 0.4) is 0 Å². The van der Waals surface area contributed by atoms with Gasteiger partial charge in [-0.2, -0.15) is 0 Å². The Labute approximate surface area is 128 Å². The third-order valence-corrected chi connectivity index (χ3v) is 4.22. The lowest BCUT2D eigenvalue weighted by Gasteiger charge is -2.22. The molecule has 1 saturated carbocycles. The van der Waals surface area contributed by atoms with Crippen molar-refractivity contribution in [3.05, 3.63) is 46.8 Å². The summed E-state index contributed by atoms with van der Waals surface area (Å²) in [4.78, 5) is 2.24. The second kappa shape index (κ2) is 6.12. The SMILES string of the molecule is CCn1cnnc1CN(Cc1c(F)cccc1Cl)C1CC1. The fourth-order valence-corrected chi connectivity index (χ4v) is 2.71. The molecule has 1 aliphatic rings. The van der Waals surface area contributed by atoms with Gasteiger partial charge in [0.1, 0.15) is 18.0 Å². The molecule has 0 amide bonds. The number of benzene rings is 1. The van der Waals surface area contributed by atoms with Crippen LogP contribution < -0.4 is 0 Å². The summed E-state index contributed by atoms with van der Waals surface area (Å²) in [6, 6.07) is 5.32. The molecular weight excluding hydrogens is 291 g/mol. The molecule has 0 unspecified atom stereocenters. The number of rotatable bonds is 6. The summed E-state index contributed by atoms with van der Waals surface area (Å²) in [7, 11) is 0. The fraction of sp³-hybridized carbons (Fsp3) is 0.467. The number of aryl methyl sites for hydroxylation is 1. The molecule has 2 aromatic rings. The molecule has 0 aliphatic heterocycles. The summed E-state index contributed by atoms with van der Waals surface area (Å²) >= 11 is 6.14. The first-order valence-electron chi connectivity index (χ1n) is 7.22. The summed E-state index contributed by atoms with van der Waals surface area (Å²) in [5, 5.41) is 8.61. The summed E-state index contributed by atoms with van der Waals surface area (Å²) in [5.74, 6) is 0.668. The molecule has 21 heavy (non-hydrogen) atoms. The molecule has 0 atom stereocenters. The second-order valence-electron chi connectivity index (χ2n) is 5.37. The van der Waals surface area contributed by atoms with E-state index in [9.17, 15) is 4.39 Å². The highest BCUT2D eigenvalue weighted by atomic mass is 35.5. The lowest BCUT2D eigenvalue weighted by Crippen LogP contribution is -2.27. The number of nitrogens with zero attached hydrogens (tertiary/aromatic N) is 4. The van der Waals surface area contributed by atoms with E-state index in [1.54, 1.807) is 18.5 Å². The maximum Gasteiger partial charge on any atom is 0.147 e. The van der Waals surface area contributed by atoms with Crippen molar-refractivity contribution < 1.29 is 4.39 Å². The highest BCUT2D eigenvalue weighted by Crippen LogP contribution is 2.31. The molecule has 0 N–H and O–H groups in total. The first-order chi connectivity index (χ1) is 10.2. The predicted octanol–water partition coefficient (Wildman–Crippen LogP) is 3.26. The van der Waals surface area contributed by atoms with E-state index in [1.165, 1.54) is 6.07 Å². The lowest BCUT2D eigenvalue weighted by atomic mass is 10.2. The predicted molar refractivity (Wildman–Crippen MR) is 79.4 cm³/mol. The molecule has 1 fully saturated rings. The van der Waals surface area contributed by atoms with Crippen LogP contribution in [0.4, 0.5) is 4.39 Å². The van der Waals surface area contributed by atoms with Crippen LogP contribution in [0.1, 0.15) is 31.2 Å². The van der Waals surface area contributed by atoms with E-state index in [2.05, 4.69) is 22.0 Å². The van der Waals surface area contributed by atoms with Crippen molar-refractivity contribution in [2.45, 2.75) is 45.4 Å². The van der Waals surface area contributed by atoms with Gasteiger partial charge in [-0.05, 0) is 31.9 Å². The Balaban J connectivity index is 1.79. The van der Waals surface area contributed by atoms with E-state index in [-0.39, 0.29) is 5.82 Å². The Bertz CT molecular complexity index is 604. The largest absolute Gasteiger partial charge is 0.317 e. The highest BCUT2D eigenvalue weighted by molar-refractivity contribution is 6.31. The van der Waals surface area contributed by atoms with Gasteiger partial charge >= 0.3 is 0 Å². The van der Waals surface area contributed by atoms with E-state index in [0.29, 0.717) is 29.7 Å². The molecule has 112 valence electrons. The summed E-state index contributed by atoms with van der Waals surface area (Å²) < 4.78 is 16.0. The van der Waals surface area contributed by atoms with Crippen LogP contribution >= 0.6 is 11.6 Å². The minimum absolute atomic E-state index is 0.245. The highest BCUT2D eigenvalue weighted by Gasteiger charge is 2.31. The van der Waals surface area contributed by atoms with Crippen LogP contribution in [0.2, 0.25) is 5.02 Å². The van der Waals surface area contributed by atoms with Gasteiger partial charge in [0.05, 0.1) is 6.54 Å². The number of hydrogen-bond acceptors (Lipinski definition) is 3. The van der Waals surface area contributed by atoms with Gasteiger partial charge < -0.3 is 4.57 Å². The van der Waals surface area contributed by atoms with E-state index >= 15 is 0 Å². The quantitative estimate of drug-likeness (QED) is 0.821. The molecule has 1 heterocycles. The first kappa shape index (κ1) is 14.5. The van der Waals surface area contributed by atoms with Gasteiger partial charge in [0.25, 0.3) is 0 Å². The maximum absolute atomic E-state index is 14.0. The van der Waals surface area contributed by atoms with Crippen molar-refractivity contribution in [1.29, 1.82) is 0 Å². The van der Waals surface area contributed by atoms with Gasteiger partial charge in [0, 0.05) is 29.7 Å². The summed E-state index contributed by atoms with van der Waals surface area (Å²) in [5.41, 5.74) is 0.564. The molecular formula is C15H18ClFN4. The van der Waals surface area contributed by atoms with Gasteiger partial charge in [0.2, 0.25) is 0 Å². The van der Waals surface area contributed by atoms with Crippen LogP contribution in [-0.4, -0.2) is 25.7 Å². The van der Waals surface area contributed by atoms with Gasteiger partial charge in [-0.25, -0.2) is 4.39 Å². The lowest BCUT2D eigenvalue weighted by molar-refractivity contribution is 0.232. The molecule has 1 aliphatic carbocycles. The van der Waals surface area contributed by atoms with Crippen LogP contribution in [0.15, 0.2) is 24.5 Å². The van der Waals surface area contributed by atoms with E-state index in [1.807, 2.05) is 4.57 Å². The zero-order valence-electron chi connectivity index (χ0n) is 12.0. The van der Waals surface area contributed by atoms with Crippen LogP contribution in [-0.2, 0) is 19.6 Å². The topological polar surface area (TPSA) is 34.0 Å². The van der Waals surface area contributed by atoms with Crippen LogP contribution in [0.5, 0.6) is 0 Å². The zero-order chi connectivity index (χ0) is 14.8. The molecule has 4 nitrogen and oxygen atoms in total. The van der Waals surface area contributed by atoms with Crippen molar-refractivity contribution in [3.63, 3.8) is 0 Å². The Kier molecular flexibility index (Phi) is 4.22. The molecule has 0 saturated heterocycles. The molecule has 3 rings (SSSR count). The second-order valence-corrected chi connectivity index (χ2v) is 5.78. The Morgan fingerprint density at radius 1 is 1.38 bits per heavy atom. The average Bonchev–Trinajstić information content (AvgIpc) is 3.22. The maximum atomic E-state index is 14.0.